The summed E-state index contributed by atoms with van der Waals surface area (Å²) in [4.78, 5) is 14.6. The first-order valence-electron chi connectivity index (χ1n) is 8.04. The van der Waals surface area contributed by atoms with Crippen molar-refractivity contribution in [2.45, 2.75) is 0 Å². The van der Waals surface area contributed by atoms with Gasteiger partial charge in [0.05, 0.1) is 10.6 Å². The number of ether oxygens (including phenoxy) is 3. The summed E-state index contributed by atoms with van der Waals surface area (Å²) in [5, 5.41) is 8.33. The van der Waals surface area contributed by atoms with Crippen LogP contribution in [0.15, 0.2) is 47.4 Å². The minimum atomic E-state index is -0.253. The number of amidine groups is 1. The Morgan fingerprint density at radius 2 is 2.00 bits per heavy atom. The van der Waals surface area contributed by atoms with Gasteiger partial charge < -0.3 is 14.2 Å². The lowest BCUT2D eigenvalue weighted by Crippen LogP contribution is -2.28. The smallest absolute Gasteiger partial charge is 0.271 e. The first-order chi connectivity index (χ1) is 13.2. The highest BCUT2D eigenvalue weighted by atomic mass is 32.2. The molecule has 6 nitrogen and oxygen atoms in total. The maximum Gasteiger partial charge on any atom is 0.271 e. The largest absolute Gasteiger partial charge is 0.481 e. The summed E-state index contributed by atoms with van der Waals surface area (Å²) < 4.78 is 16.0. The van der Waals surface area contributed by atoms with Gasteiger partial charge in [-0.05, 0) is 47.7 Å². The molecule has 1 saturated heterocycles. The molecule has 4 rings (SSSR count). The molecule has 0 aromatic heterocycles. The van der Waals surface area contributed by atoms with Crippen LogP contribution in [0.1, 0.15) is 5.56 Å². The molecule has 2 aliphatic heterocycles. The normalized spacial score (nSPS) is 16.7. The van der Waals surface area contributed by atoms with Crippen molar-refractivity contribution in [2.75, 3.05) is 18.3 Å². The number of hydrogen-bond acceptors (Lipinski definition) is 6. The minimum absolute atomic E-state index is 0.138. The molecule has 2 aliphatic rings. The SMILES string of the molecule is C#CCOc1ccc(/C=C2/SC(=N)N(c3ccc4c(c3)OCO4)C2=O)cc1. The lowest BCUT2D eigenvalue weighted by molar-refractivity contribution is -0.113. The third kappa shape index (κ3) is 3.35. The molecule has 2 aromatic rings. The van der Waals surface area contributed by atoms with Crippen LogP contribution >= 0.6 is 11.8 Å². The lowest BCUT2D eigenvalue weighted by Gasteiger charge is -2.14. The monoisotopic (exact) mass is 378 g/mol. The van der Waals surface area contributed by atoms with Gasteiger partial charge in [-0.1, -0.05) is 18.1 Å². The molecule has 27 heavy (non-hydrogen) atoms. The fourth-order valence-corrected chi connectivity index (χ4v) is 3.54. The fraction of sp³-hybridized carbons (Fsp3) is 0.100. The van der Waals surface area contributed by atoms with E-state index in [1.807, 2.05) is 12.1 Å². The molecule has 0 bridgehead atoms. The highest BCUT2D eigenvalue weighted by Crippen LogP contribution is 2.40. The number of amides is 1. The summed E-state index contributed by atoms with van der Waals surface area (Å²) in [5.74, 6) is 4.02. The van der Waals surface area contributed by atoms with E-state index in [2.05, 4.69) is 5.92 Å². The first-order valence-corrected chi connectivity index (χ1v) is 8.86. The summed E-state index contributed by atoms with van der Waals surface area (Å²) in [6.07, 6.45) is 6.92. The number of benzene rings is 2. The third-order valence-corrected chi connectivity index (χ3v) is 4.83. The first kappa shape index (κ1) is 17.1. The number of carbonyl (C=O) groups excluding carboxylic acids is 1. The molecular weight excluding hydrogens is 364 g/mol. The van der Waals surface area contributed by atoms with Crippen LogP contribution in [0.2, 0.25) is 0 Å². The van der Waals surface area contributed by atoms with E-state index in [1.165, 1.54) is 4.90 Å². The van der Waals surface area contributed by atoms with E-state index in [1.54, 1.807) is 36.4 Å². The van der Waals surface area contributed by atoms with Gasteiger partial charge in [-0.25, -0.2) is 0 Å². The third-order valence-electron chi connectivity index (χ3n) is 3.94. The highest BCUT2D eigenvalue weighted by Gasteiger charge is 2.34. The Morgan fingerprint density at radius 3 is 2.78 bits per heavy atom. The molecule has 134 valence electrons. The number of carbonyl (C=O) groups is 1. The van der Waals surface area contributed by atoms with Gasteiger partial charge in [0.15, 0.2) is 16.7 Å². The van der Waals surface area contributed by atoms with Gasteiger partial charge in [-0.2, -0.15) is 0 Å². The Morgan fingerprint density at radius 1 is 1.22 bits per heavy atom. The number of anilines is 1. The number of rotatable bonds is 4. The van der Waals surface area contributed by atoms with E-state index in [9.17, 15) is 4.79 Å². The molecular formula is C20H14N2O4S. The summed E-state index contributed by atoms with van der Waals surface area (Å²) in [5.41, 5.74) is 1.41. The number of thioether (sulfide) groups is 1. The minimum Gasteiger partial charge on any atom is -0.481 e. The molecule has 7 heteroatoms. The molecule has 0 saturated carbocycles. The summed E-state index contributed by atoms with van der Waals surface area (Å²) >= 11 is 1.11. The topological polar surface area (TPSA) is 71.8 Å². The van der Waals surface area contributed by atoms with Gasteiger partial charge in [-0.3, -0.25) is 15.1 Å². The van der Waals surface area contributed by atoms with E-state index in [0.717, 1.165) is 17.3 Å². The van der Waals surface area contributed by atoms with Crippen LogP contribution in [-0.2, 0) is 4.79 Å². The average Bonchev–Trinajstić information content (AvgIpc) is 3.25. The average molecular weight is 378 g/mol. The van der Waals surface area contributed by atoms with Gasteiger partial charge in [0.1, 0.15) is 12.4 Å². The van der Waals surface area contributed by atoms with E-state index in [-0.39, 0.29) is 24.5 Å². The van der Waals surface area contributed by atoms with E-state index in [4.69, 9.17) is 26.0 Å². The van der Waals surface area contributed by atoms with Crippen molar-refractivity contribution in [3.63, 3.8) is 0 Å². The van der Waals surface area contributed by atoms with Crippen LogP contribution in [0.25, 0.3) is 6.08 Å². The van der Waals surface area contributed by atoms with E-state index >= 15 is 0 Å². The summed E-state index contributed by atoms with van der Waals surface area (Å²) in [6, 6.07) is 12.4. The second-order valence-electron chi connectivity index (χ2n) is 5.66. The summed E-state index contributed by atoms with van der Waals surface area (Å²) in [7, 11) is 0. The van der Waals surface area contributed by atoms with Gasteiger partial charge in [0.25, 0.3) is 5.91 Å². The Hall–Kier alpha value is -3.37. The van der Waals surface area contributed by atoms with Crippen LogP contribution in [0.5, 0.6) is 17.2 Å². The summed E-state index contributed by atoms with van der Waals surface area (Å²) in [6.45, 7) is 0.363. The van der Waals surface area contributed by atoms with Gasteiger partial charge >= 0.3 is 0 Å². The maximum absolute atomic E-state index is 12.8. The maximum atomic E-state index is 12.8. The predicted molar refractivity (Wildman–Crippen MR) is 104 cm³/mol. The number of nitrogens with one attached hydrogen (secondary N) is 1. The number of nitrogens with zero attached hydrogens (tertiary/aromatic N) is 1. The number of terminal acetylenes is 1. The van der Waals surface area contributed by atoms with Gasteiger partial charge in [-0.15, -0.1) is 6.42 Å². The Kier molecular flexibility index (Phi) is 4.48. The molecule has 2 heterocycles. The van der Waals surface area contributed by atoms with E-state index in [0.29, 0.717) is 27.8 Å². The van der Waals surface area contributed by atoms with Crippen molar-refractivity contribution in [1.82, 2.24) is 0 Å². The molecule has 0 radical (unpaired) electrons. The quantitative estimate of drug-likeness (QED) is 0.651. The van der Waals surface area contributed by atoms with Crippen LogP contribution in [0.3, 0.4) is 0 Å². The molecule has 0 spiro atoms. The van der Waals surface area contributed by atoms with Crippen molar-refractivity contribution in [3.8, 4) is 29.6 Å². The van der Waals surface area contributed by atoms with Crippen LogP contribution in [0, 0.1) is 17.8 Å². The Labute approximate surface area is 160 Å². The van der Waals surface area contributed by atoms with Crippen LogP contribution in [0.4, 0.5) is 5.69 Å². The van der Waals surface area contributed by atoms with Crippen molar-refractivity contribution in [2.24, 2.45) is 0 Å². The zero-order valence-electron chi connectivity index (χ0n) is 14.1. The lowest BCUT2D eigenvalue weighted by atomic mass is 10.2. The molecule has 2 aromatic carbocycles. The van der Waals surface area contributed by atoms with Crippen molar-refractivity contribution >= 4 is 34.6 Å². The number of hydrogen-bond donors (Lipinski definition) is 1. The van der Waals surface area contributed by atoms with Gasteiger partial charge in [0.2, 0.25) is 6.79 Å². The van der Waals surface area contributed by atoms with Crippen molar-refractivity contribution in [3.05, 3.63) is 52.9 Å². The molecule has 1 N–H and O–H groups in total. The van der Waals surface area contributed by atoms with Crippen molar-refractivity contribution in [1.29, 1.82) is 5.41 Å². The van der Waals surface area contributed by atoms with Crippen molar-refractivity contribution < 1.29 is 19.0 Å². The fourth-order valence-electron chi connectivity index (χ4n) is 2.68. The highest BCUT2D eigenvalue weighted by molar-refractivity contribution is 8.19. The second-order valence-corrected chi connectivity index (χ2v) is 6.69. The predicted octanol–water partition coefficient (Wildman–Crippen LogP) is 3.48. The zero-order chi connectivity index (χ0) is 18.8. The van der Waals surface area contributed by atoms with E-state index < -0.39 is 0 Å². The molecule has 1 amide bonds. The molecule has 1 fully saturated rings. The molecule has 0 atom stereocenters. The zero-order valence-corrected chi connectivity index (χ0v) is 14.9. The number of fused-ring (bicyclic) bond motifs is 1. The Bertz CT molecular complexity index is 992. The Balaban J connectivity index is 1.56. The van der Waals surface area contributed by atoms with Crippen LogP contribution in [-0.4, -0.2) is 24.5 Å². The van der Waals surface area contributed by atoms with Gasteiger partial charge in [0, 0.05) is 6.07 Å². The van der Waals surface area contributed by atoms with Crippen LogP contribution < -0.4 is 19.1 Å². The molecule has 0 aliphatic carbocycles. The molecule has 0 unspecified atom stereocenters. The second kappa shape index (κ2) is 7.09. The standard InChI is InChI=1S/C20H14N2O4S/c1-2-9-24-15-6-3-13(4-7-15)10-18-19(23)22(20(21)27-18)14-5-8-16-17(11-14)26-12-25-16/h1,3-8,10-11,21H,9,12H2/b18-10+,21-20?.